The fourth-order valence-electron chi connectivity index (χ4n) is 2.59. The summed E-state index contributed by atoms with van der Waals surface area (Å²) in [4.78, 5) is 28.3. The number of hydrogen-bond acceptors (Lipinski definition) is 3. The summed E-state index contributed by atoms with van der Waals surface area (Å²) in [5, 5.41) is 4.25. The van der Waals surface area contributed by atoms with Crippen LogP contribution < -0.4 is 5.32 Å². The highest BCUT2D eigenvalue weighted by Crippen LogP contribution is 2.22. The third kappa shape index (κ3) is 7.57. The fourth-order valence-corrected chi connectivity index (χ4v) is 3.63. The Hall–Kier alpha value is -1.69. The molecule has 0 heterocycles. The predicted molar refractivity (Wildman–Crippen MR) is 122 cm³/mol. The van der Waals surface area contributed by atoms with Gasteiger partial charge in [0.25, 0.3) is 0 Å². The minimum absolute atomic E-state index is 0.0564. The first-order valence-corrected chi connectivity index (χ1v) is 11.3. The largest absolute Gasteiger partial charge is 0.352 e. The molecule has 0 aliphatic heterocycles. The zero-order valence-corrected chi connectivity index (χ0v) is 19.2. The van der Waals surface area contributed by atoms with Crippen LogP contribution in [-0.4, -0.2) is 34.6 Å². The summed E-state index contributed by atoms with van der Waals surface area (Å²) in [6, 6.07) is 14.1. The molecule has 7 heteroatoms. The molecule has 2 amide bonds. The van der Waals surface area contributed by atoms with E-state index in [1.807, 2.05) is 38.1 Å². The molecule has 0 aliphatic carbocycles. The van der Waals surface area contributed by atoms with Crippen molar-refractivity contribution < 1.29 is 9.59 Å². The second-order valence-electron chi connectivity index (χ2n) is 6.88. The van der Waals surface area contributed by atoms with E-state index in [1.165, 1.54) is 11.8 Å². The number of rotatable bonds is 9. The van der Waals surface area contributed by atoms with Crippen LogP contribution >= 0.6 is 35.0 Å². The molecule has 0 bridgehead atoms. The summed E-state index contributed by atoms with van der Waals surface area (Å²) in [7, 11) is 0. The number of amides is 2. The van der Waals surface area contributed by atoms with Crippen molar-refractivity contribution >= 4 is 46.8 Å². The van der Waals surface area contributed by atoms with Gasteiger partial charge in [-0.3, -0.25) is 9.59 Å². The number of benzene rings is 2. The summed E-state index contributed by atoms with van der Waals surface area (Å²) < 4.78 is 0. The lowest BCUT2D eigenvalue weighted by Gasteiger charge is -2.29. The lowest BCUT2D eigenvalue weighted by molar-refractivity contribution is -0.138. The van der Waals surface area contributed by atoms with Crippen LogP contribution in [0.25, 0.3) is 0 Å². The minimum Gasteiger partial charge on any atom is -0.352 e. The Balaban J connectivity index is 2.13. The van der Waals surface area contributed by atoms with E-state index < -0.39 is 6.04 Å². The standard InChI is InChI=1S/C22H26Cl2N2O2S/c1-4-15(2)25-22(28)16(3)26(13-17-5-7-18(23)8-6-17)21(27)14-29-20-11-9-19(24)10-12-20/h5-12,15-16H,4,13-14H2,1-3H3,(H,25,28). The molecule has 2 rings (SSSR count). The van der Waals surface area contributed by atoms with Crippen molar-refractivity contribution in [2.45, 2.75) is 50.7 Å². The normalized spacial score (nSPS) is 12.9. The highest BCUT2D eigenvalue weighted by atomic mass is 35.5. The van der Waals surface area contributed by atoms with Gasteiger partial charge < -0.3 is 10.2 Å². The fraction of sp³-hybridized carbons (Fsp3) is 0.364. The second-order valence-corrected chi connectivity index (χ2v) is 8.81. The molecular weight excluding hydrogens is 427 g/mol. The monoisotopic (exact) mass is 452 g/mol. The maximum Gasteiger partial charge on any atom is 0.242 e. The average molecular weight is 453 g/mol. The van der Waals surface area contributed by atoms with Crippen LogP contribution in [-0.2, 0) is 16.1 Å². The van der Waals surface area contributed by atoms with Gasteiger partial charge in [-0.05, 0) is 62.2 Å². The number of nitrogens with one attached hydrogen (secondary N) is 1. The van der Waals surface area contributed by atoms with Crippen molar-refractivity contribution in [1.29, 1.82) is 0 Å². The van der Waals surface area contributed by atoms with Gasteiger partial charge in [-0.2, -0.15) is 0 Å². The second kappa shape index (κ2) is 11.5. The minimum atomic E-state index is -0.585. The van der Waals surface area contributed by atoms with Crippen LogP contribution in [0, 0.1) is 0 Å². The highest BCUT2D eigenvalue weighted by Gasteiger charge is 2.26. The van der Waals surface area contributed by atoms with Gasteiger partial charge in [-0.25, -0.2) is 0 Å². The molecule has 4 nitrogen and oxygen atoms in total. The van der Waals surface area contributed by atoms with Crippen LogP contribution in [0.1, 0.15) is 32.8 Å². The van der Waals surface area contributed by atoms with Gasteiger partial charge in [0.15, 0.2) is 0 Å². The van der Waals surface area contributed by atoms with Crippen molar-refractivity contribution in [3.05, 3.63) is 64.1 Å². The van der Waals surface area contributed by atoms with E-state index in [0.717, 1.165) is 16.9 Å². The van der Waals surface area contributed by atoms with E-state index in [2.05, 4.69) is 5.32 Å². The van der Waals surface area contributed by atoms with Gasteiger partial charge in [-0.15, -0.1) is 11.8 Å². The predicted octanol–water partition coefficient (Wildman–Crippen LogP) is 5.42. The molecule has 2 aromatic rings. The maximum atomic E-state index is 13.0. The molecule has 0 fully saturated rings. The van der Waals surface area contributed by atoms with E-state index >= 15 is 0 Å². The van der Waals surface area contributed by atoms with Crippen LogP contribution in [0.3, 0.4) is 0 Å². The van der Waals surface area contributed by atoms with Crippen molar-refractivity contribution in [1.82, 2.24) is 10.2 Å². The number of carbonyl (C=O) groups excluding carboxylic acids is 2. The summed E-state index contributed by atoms with van der Waals surface area (Å²) in [5.74, 6) is -0.0271. The Morgan fingerprint density at radius 1 is 1.00 bits per heavy atom. The summed E-state index contributed by atoms with van der Waals surface area (Å²) >= 11 is 13.3. The Morgan fingerprint density at radius 2 is 1.55 bits per heavy atom. The topological polar surface area (TPSA) is 49.4 Å². The molecule has 0 aliphatic rings. The molecule has 0 aromatic heterocycles. The van der Waals surface area contributed by atoms with Gasteiger partial charge in [0.05, 0.1) is 5.75 Å². The first-order valence-electron chi connectivity index (χ1n) is 9.52. The van der Waals surface area contributed by atoms with E-state index in [0.29, 0.717) is 16.6 Å². The van der Waals surface area contributed by atoms with Crippen molar-refractivity contribution in [2.75, 3.05) is 5.75 Å². The number of nitrogens with zero attached hydrogens (tertiary/aromatic N) is 1. The molecule has 0 saturated carbocycles. The van der Waals surface area contributed by atoms with E-state index in [9.17, 15) is 9.59 Å². The molecule has 2 aromatic carbocycles. The SMILES string of the molecule is CCC(C)NC(=O)C(C)N(Cc1ccc(Cl)cc1)C(=O)CSc1ccc(Cl)cc1. The van der Waals surface area contributed by atoms with E-state index in [-0.39, 0.29) is 23.6 Å². The maximum absolute atomic E-state index is 13.0. The van der Waals surface area contributed by atoms with Gasteiger partial charge in [0.2, 0.25) is 11.8 Å². The number of hydrogen-bond donors (Lipinski definition) is 1. The van der Waals surface area contributed by atoms with Gasteiger partial charge in [-0.1, -0.05) is 42.3 Å². The number of carbonyl (C=O) groups is 2. The highest BCUT2D eigenvalue weighted by molar-refractivity contribution is 8.00. The molecule has 2 unspecified atom stereocenters. The smallest absolute Gasteiger partial charge is 0.242 e. The van der Waals surface area contributed by atoms with Crippen LogP contribution in [0.4, 0.5) is 0 Å². The van der Waals surface area contributed by atoms with E-state index in [4.69, 9.17) is 23.2 Å². The van der Waals surface area contributed by atoms with Gasteiger partial charge in [0, 0.05) is 27.5 Å². The van der Waals surface area contributed by atoms with Gasteiger partial charge >= 0.3 is 0 Å². The van der Waals surface area contributed by atoms with Crippen LogP contribution in [0.15, 0.2) is 53.4 Å². The lowest BCUT2D eigenvalue weighted by atomic mass is 10.1. The lowest BCUT2D eigenvalue weighted by Crippen LogP contribution is -2.50. The van der Waals surface area contributed by atoms with Crippen molar-refractivity contribution in [3.63, 3.8) is 0 Å². The molecule has 1 N–H and O–H groups in total. The van der Waals surface area contributed by atoms with Crippen LogP contribution in [0.5, 0.6) is 0 Å². The van der Waals surface area contributed by atoms with Crippen LogP contribution in [0.2, 0.25) is 10.0 Å². The average Bonchev–Trinajstić information content (AvgIpc) is 2.72. The first-order chi connectivity index (χ1) is 13.8. The molecule has 29 heavy (non-hydrogen) atoms. The summed E-state index contributed by atoms with van der Waals surface area (Å²) in [6.07, 6.45) is 0.829. The quantitative estimate of drug-likeness (QED) is 0.516. The Morgan fingerprint density at radius 3 is 2.10 bits per heavy atom. The Labute approximate surface area is 187 Å². The third-order valence-corrected chi connectivity index (χ3v) is 6.11. The van der Waals surface area contributed by atoms with E-state index in [1.54, 1.807) is 36.1 Å². The Bertz CT molecular complexity index is 813. The number of thioether (sulfide) groups is 1. The molecule has 0 radical (unpaired) electrons. The Kier molecular flexibility index (Phi) is 9.34. The molecule has 156 valence electrons. The third-order valence-electron chi connectivity index (χ3n) is 4.61. The zero-order valence-electron chi connectivity index (χ0n) is 16.8. The van der Waals surface area contributed by atoms with Crippen molar-refractivity contribution in [2.24, 2.45) is 0 Å². The molecular formula is C22H26Cl2N2O2S. The number of halogens is 2. The van der Waals surface area contributed by atoms with Crippen molar-refractivity contribution in [3.8, 4) is 0 Å². The summed E-state index contributed by atoms with van der Waals surface area (Å²) in [5.41, 5.74) is 0.919. The van der Waals surface area contributed by atoms with Gasteiger partial charge in [0.1, 0.15) is 6.04 Å². The first kappa shape index (κ1) is 23.6. The molecule has 0 spiro atoms. The summed E-state index contributed by atoms with van der Waals surface area (Å²) in [6.45, 7) is 6.06. The molecule has 2 atom stereocenters. The molecule has 0 saturated heterocycles. The zero-order chi connectivity index (χ0) is 21.4.